The van der Waals surface area contributed by atoms with Gasteiger partial charge in [-0.1, -0.05) is 0 Å². The zero-order chi connectivity index (χ0) is 10.8. The summed E-state index contributed by atoms with van der Waals surface area (Å²) in [5.74, 6) is -0.800. The fourth-order valence-electron chi connectivity index (χ4n) is 1.30. The number of hydrogen-bond acceptors (Lipinski definition) is 2. The normalized spacial score (nSPS) is 10.2. The average Bonchev–Trinajstić information content (AvgIpc) is 2.74. The van der Waals surface area contributed by atoms with Crippen LogP contribution in [0.4, 0.5) is 10.1 Å². The molecule has 0 spiro atoms. The van der Waals surface area contributed by atoms with Crippen LogP contribution in [0.3, 0.4) is 0 Å². The minimum Gasteiger partial charge on any atom is -0.396 e. The zero-order valence-corrected chi connectivity index (χ0v) is 7.83. The van der Waals surface area contributed by atoms with Crippen molar-refractivity contribution in [3.05, 3.63) is 53.6 Å². The van der Waals surface area contributed by atoms with E-state index in [1.165, 1.54) is 12.1 Å². The Morgan fingerprint density at radius 2 is 2.07 bits per heavy atom. The Balaban J connectivity index is 2.39. The van der Waals surface area contributed by atoms with Gasteiger partial charge < -0.3 is 10.7 Å². The van der Waals surface area contributed by atoms with Gasteiger partial charge in [0.05, 0.1) is 5.69 Å². The summed E-state index contributed by atoms with van der Waals surface area (Å²) >= 11 is 0. The first kappa shape index (κ1) is 9.45. The van der Waals surface area contributed by atoms with Gasteiger partial charge >= 0.3 is 0 Å². The first-order chi connectivity index (χ1) is 7.18. The Hall–Kier alpha value is -2.10. The van der Waals surface area contributed by atoms with Crippen LogP contribution >= 0.6 is 0 Å². The number of anilines is 1. The number of nitrogen functional groups attached to an aromatic ring is 1. The van der Waals surface area contributed by atoms with Crippen LogP contribution in [0.1, 0.15) is 15.9 Å². The van der Waals surface area contributed by atoms with E-state index in [0.29, 0.717) is 11.1 Å². The average molecular weight is 204 g/mol. The van der Waals surface area contributed by atoms with Crippen LogP contribution in [-0.2, 0) is 0 Å². The first-order valence-corrected chi connectivity index (χ1v) is 4.41. The SMILES string of the molecule is Nc1ccc(C(=O)c2cc[nH]c2)cc1F. The van der Waals surface area contributed by atoms with Gasteiger partial charge in [0.2, 0.25) is 0 Å². The molecule has 0 radical (unpaired) electrons. The lowest BCUT2D eigenvalue weighted by molar-refractivity contribution is 0.103. The number of carbonyl (C=O) groups excluding carboxylic acids is 1. The van der Waals surface area contributed by atoms with E-state index in [0.717, 1.165) is 6.07 Å². The topological polar surface area (TPSA) is 58.9 Å². The molecule has 3 N–H and O–H groups in total. The molecule has 76 valence electrons. The summed E-state index contributed by atoms with van der Waals surface area (Å²) < 4.78 is 13.1. The molecule has 15 heavy (non-hydrogen) atoms. The maximum absolute atomic E-state index is 13.1. The third-order valence-electron chi connectivity index (χ3n) is 2.12. The standard InChI is InChI=1S/C11H9FN2O/c12-9-5-7(1-2-10(9)13)11(15)8-3-4-14-6-8/h1-6,14H,13H2. The fourth-order valence-corrected chi connectivity index (χ4v) is 1.30. The number of hydrogen-bond donors (Lipinski definition) is 2. The van der Waals surface area contributed by atoms with Crippen molar-refractivity contribution in [2.75, 3.05) is 5.73 Å². The molecule has 0 unspecified atom stereocenters. The van der Waals surface area contributed by atoms with E-state index in [-0.39, 0.29) is 11.5 Å². The largest absolute Gasteiger partial charge is 0.396 e. The maximum atomic E-state index is 13.1. The third-order valence-corrected chi connectivity index (χ3v) is 2.12. The third kappa shape index (κ3) is 1.74. The Kier molecular flexibility index (Phi) is 2.25. The number of nitrogens with one attached hydrogen (secondary N) is 1. The van der Waals surface area contributed by atoms with E-state index in [4.69, 9.17) is 5.73 Å². The quantitative estimate of drug-likeness (QED) is 0.580. The van der Waals surface area contributed by atoms with Gasteiger partial charge in [-0.2, -0.15) is 0 Å². The molecule has 3 nitrogen and oxygen atoms in total. The van der Waals surface area contributed by atoms with E-state index in [1.807, 2.05) is 0 Å². The summed E-state index contributed by atoms with van der Waals surface area (Å²) in [6.45, 7) is 0. The molecule has 0 saturated carbocycles. The number of nitrogens with two attached hydrogens (primary N) is 1. The highest BCUT2D eigenvalue weighted by Gasteiger charge is 2.10. The van der Waals surface area contributed by atoms with Crippen molar-refractivity contribution in [3.8, 4) is 0 Å². The van der Waals surface area contributed by atoms with E-state index in [1.54, 1.807) is 18.5 Å². The van der Waals surface area contributed by atoms with Crippen LogP contribution < -0.4 is 5.73 Å². The van der Waals surface area contributed by atoms with Crippen LogP contribution in [0.25, 0.3) is 0 Å². The Morgan fingerprint density at radius 3 is 2.67 bits per heavy atom. The molecular weight excluding hydrogens is 195 g/mol. The van der Waals surface area contributed by atoms with Crippen LogP contribution in [0.15, 0.2) is 36.7 Å². The van der Waals surface area contributed by atoms with Crippen LogP contribution in [0, 0.1) is 5.82 Å². The minimum atomic E-state index is -0.573. The second kappa shape index (κ2) is 3.57. The predicted molar refractivity (Wildman–Crippen MR) is 55.0 cm³/mol. The highest BCUT2D eigenvalue weighted by Crippen LogP contribution is 2.15. The van der Waals surface area contributed by atoms with Gasteiger partial charge in [-0.25, -0.2) is 4.39 Å². The van der Waals surface area contributed by atoms with Gasteiger partial charge in [0.15, 0.2) is 5.78 Å². The second-order valence-corrected chi connectivity index (χ2v) is 3.17. The lowest BCUT2D eigenvalue weighted by Crippen LogP contribution is -2.01. The molecule has 0 aliphatic carbocycles. The molecule has 1 aromatic heterocycles. The summed E-state index contributed by atoms with van der Waals surface area (Å²) in [7, 11) is 0. The molecule has 0 fully saturated rings. The molecule has 1 heterocycles. The van der Waals surface area contributed by atoms with E-state index < -0.39 is 5.82 Å². The molecule has 0 amide bonds. The van der Waals surface area contributed by atoms with Gasteiger partial charge in [0.25, 0.3) is 0 Å². The minimum absolute atomic E-state index is 0.0422. The Morgan fingerprint density at radius 1 is 1.27 bits per heavy atom. The van der Waals surface area contributed by atoms with Crippen molar-refractivity contribution in [3.63, 3.8) is 0 Å². The molecule has 1 aromatic carbocycles. The fraction of sp³-hybridized carbons (Fsp3) is 0. The summed E-state index contributed by atoms with van der Waals surface area (Å²) in [4.78, 5) is 14.5. The number of ketones is 1. The molecule has 0 saturated heterocycles. The highest BCUT2D eigenvalue weighted by atomic mass is 19.1. The smallest absolute Gasteiger partial charge is 0.194 e. The number of H-pyrrole nitrogens is 1. The number of rotatable bonds is 2. The summed E-state index contributed by atoms with van der Waals surface area (Å²) in [5, 5.41) is 0. The molecule has 2 rings (SSSR count). The second-order valence-electron chi connectivity index (χ2n) is 3.17. The van der Waals surface area contributed by atoms with Crippen molar-refractivity contribution in [1.29, 1.82) is 0 Å². The summed E-state index contributed by atoms with van der Waals surface area (Å²) in [6.07, 6.45) is 3.21. The van der Waals surface area contributed by atoms with Gasteiger partial charge in [-0.05, 0) is 24.3 Å². The zero-order valence-electron chi connectivity index (χ0n) is 7.83. The van der Waals surface area contributed by atoms with Gasteiger partial charge in [0, 0.05) is 23.5 Å². The van der Waals surface area contributed by atoms with Gasteiger partial charge in [0.1, 0.15) is 5.82 Å². The van der Waals surface area contributed by atoms with Crippen molar-refractivity contribution in [2.24, 2.45) is 0 Å². The molecule has 2 aromatic rings. The summed E-state index contributed by atoms with van der Waals surface area (Å²) in [5.41, 5.74) is 6.15. The Labute approximate surface area is 85.7 Å². The molecule has 4 heteroatoms. The number of aromatic amines is 1. The van der Waals surface area contributed by atoms with Crippen molar-refractivity contribution in [1.82, 2.24) is 4.98 Å². The van der Waals surface area contributed by atoms with Crippen molar-refractivity contribution in [2.45, 2.75) is 0 Å². The van der Waals surface area contributed by atoms with Crippen LogP contribution in [0.2, 0.25) is 0 Å². The lowest BCUT2D eigenvalue weighted by Gasteiger charge is -2.00. The van der Waals surface area contributed by atoms with E-state index >= 15 is 0 Å². The van der Waals surface area contributed by atoms with Crippen molar-refractivity contribution < 1.29 is 9.18 Å². The predicted octanol–water partition coefficient (Wildman–Crippen LogP) is 1.97. The highest BCUT2D eigenvalue weighted by molar-refractivity contribution is 6.09. The van der Waals surface area contributed by atoms with Gasteiger partial charge in [-0.3, -0.25) is 4.79 Å². The first-order valence-electron chi connectivity index (χ1n) is 4.41. The van der Waals surface area contributed by atoms with Gasteiger partial charge in [-0.15, -0.1) is 0 Å². The number of benzene rings is 1. The van der Waals surface area contributed by atoms with E-state index in [2.05, 4.69) is 4.98 Å². The Bertz CT molecular complexity index is 491. The lowest BCUT2D eigenvalue weighted by atomic mass is 10.1. The van der Waals surface area contributed by atoms with Crippen LogP contribution in [-0.4, -0.2) is 10.8 Å². The molecule has 0 atom stereocenters. The maximum Gasteiger partial charge on any atom is 0.194 e. The molecule has 0 aliphatic rings. The van der Waals surface area contributed by atoms with Crippen molar-refractivity contribution >= 4 is 11.5 Å². The number of halogens is 1. The number of aromatic nitrogens is 1. The monoisotopic (exact) mass is 204 g/mol. The molecule has 0 aliphatic heterocycles. The number of carbonyl (C=O) groups is 1. The molecular formula is C11H9FN2O. The van der Waals surface area contributed by atoms with Crippen LogP contribution in [0.5, 0.6) is 0 Å². The van der Waals surface area contributed by atoms with E-state index in [9.17, 15) is 9.18 Å². The molecule has 0 bridgehead atoms. The summed E-state index contributed by atoms with van der Waals surface area (Å²) in [6, 6.07) is 5.67.